The molecule has 5 amide bonds. The van der Waals surface area contributed by atoms with Gasteiger partial charge < -0.3 is 55.0 Å². The standard InChI is InChI=1S/C44H85N5O11/c1-8-9-10-11-12-13-14-15-16-17-18-19-20-23-38(50)45-26-30-56-35-36-57-31-27-46-39(51)24-29-55-33-34-58-32-28-47-40(52)37(49-42(54)60-44(5,6)7)22-21-25-48-41(53)59-43(2,3)4/h37H,8-36H2,1-7H3,(H,45,50)(H,46,51)(H,47,52)(H,48,53)(H,49,54)/t37-/m0/s1. The first kappa shape index (κ1) is 56.8. The van der Waals surface area contributed by atoms with E-state index in [4.69, 9.17) is 28.4 Å². The Bertz CT molecular complexity index is 1120. The zero-order chi connectivity index (χ0) is 44.7. The summed E-state index contributed by atoms with van der Waals surface area (Å²) in [5, 5.41) is 13.7. The van der Waals surface area contributed by atoms with Crippen molar-refractivity contribution in [3.05, 3.63) is 0 Å². The van der Waals surface area contributed by atoms with E-state index in [1.807, 2.05) is 0 Å². The van der Waals surface area contributed by atoms with Crippen LogP contribution in [-0.4, -0.2) is 126 Å². The van der Waals surface area contributed by atoms with Crippen molar-refractivity contribution < 1.29 is 52.4 Å². The van der Waals surface area contributed by atoms with Crippen LogP contribution in [0.2, 0.25) is 0 Å². The second-order valence-electron chi connectivity index (χ2n) is 17.0. The Morgan fingerprint density at radius 2 is 0.850 bits per heavy atom. The summed E-state index contributed by atoms with van der Waals surface area (Å²) < 4.78 is 32.5. The Labute approximate surface area is 362 Å². The fourth-order valence-electron chi connectivity index (χ4n) is 5.71. The number of carbonyl (C=O) groups excluding carboxylic acids is 5. The molecular formula is C44H85N5O11. The van der Waals surface area contributed by atoms with Gasteiger partial charge in [0.05, 0.1) is 52.9 Å². The quantitative estimate of drug-likeness (QED) is 0.0426. The normalized spacial score (nSPS) is 12.1. The molecule has 0 rings (SSSR count). The van der Waals surface area contributed by atoms with Crippen molar-refractivity contribution in [2.45, 2.75) is 175 Å². The Balaban J connectivity index is 3.77. The van der Waals surface area contributed by atoms with Crippen LogP contribution < -0.4 is 26.6 Å². The van der Waals surface area contributed by atoms with E-state index < -0.39 is 35.3 Å². The third-order valence-electron chi connectivity index (χ3n) is 8.75. The second-order valence-corrected chi connectivity index (χ2v) is 17.0. The lowest BCUT2D eigenvalue weighted by Crippen LogP contribution is -2.49. The molecule has 0 aliphatic heterocycles. The number of nitrogens with one attached hydrogen (secondary N) is 5. The van der Waals surface area contributed by atoms with E-state index in [1.165, 1.54) is 70.6 Å². The van der Waals surface area contributed by atoms with Crippen LogP contribution in [0.1, 0.15) is 158 Å². The number of unbranched alkanes of at least 4 members (excludes halogenated alkanes) is 12. The third kappa shape index (κ3) is 41.5. The van der Waals surface area contributed by atoms with E-state index in [9.17, 15) is 24.0 Å². The van der Waals surface area contributed by atoms with Crippen LogP contribution in [0.25, 0.3) is 0 Å². The van der Waals surface area contributed by atoms with Crippen LogP contribution in [0.15, 0.2) is 0 Å². The number of alkyl carbamates (subject to hydrolysis) is 2. The molecule has 0 bridgehead atoms. The molecule has 0 spiro atoms. The van der Waals surface area contributed by atoms with Gasteiger partial charge in [-0.3, -0.25) is 14.4 Å². The van der Waals surface area contributed by atoms with Crippen molar-refractivity contribution in [1.82, 2.24) is 26.6 Å². The summed E-state index contributed by atoms with van der Waals surface area (Å²) in [6, 6.07) is -0.879. The van der Waals surface area contributed by atoms with E-state index in [0.717, 1.165) is 12.8 Å². The number of rotatable bonds is 38. The van der Waals surface area contributed by atoms with Crippen LogP contribution in [0.4, 0.5) is 9.59 Å². The number of ether oxygens (including phenoxy) is 6. The van der Waals surface area contributed by atoms with Crippen molar-refractivity contribution >= 4 is 29.9 Å². The van der Waals surface area contributed by atoms with E-state index >= 15 is 0 Å². The predicted molar refractivity (Wildman–Crippen MR) is 234 cm³/mol. The smallest absolute Gasteiger partial charge is 0.408 e. The lowest BCUT2D eigenvalue weighted by molar-refractivity contribution is -0.123. The molecule has 0 heterocycles. The minimum atomic E-state index is -0.879. The molecule has 0 aromatic rings. The van der Waals surface area contributed by atoms with Crippen molar-refractivity contribution in [2.24, 2.45) is 0 Å². The van der Waals surface area contributed by atoms with Gasteiger partial charge in [0.15, 0.2) is 0 Å². The summed E-state index contributed by atoms with van der Waals surface area (Å²) in [5.74, 6) is -0.480. The molecule has 16 heteroatoms. The van der Waals surface area contributed by atoms with Crippen LogP contribution in [-0.2, 0) is 42.8 Å². The number of carbonyl (C=O) groups is 5. The zero-order valence-corrected chi connectivity index (χ0v) is 38.6. The van der Waals surface area contributed by atoms with Gasteiger partial charge in [0.2, 0.25) is 17.7 Å². The largest absolute Gasteiger partial charge is 0.444 e. The number of hydrogen-bond donors (Lipinski definition) is 5. The van der Waals surface area contributed by atoms with Gasteiger partial charge in [0.1, 0.15) is 17.2 Å². The van der Waals surface area contributed by atoms with Gasteiger partial charge in [-0.05, 0) is 60.8 Å². The van der Waals surface area contributed by atoms with E-state index in [1.54, 1.807) is 41.5 Å². The second kappa shape index (κ2) is 37.5. The molecule has 0 radical (unpaired) electrons. The fourth-order valence-corrected chi connectivity index (χ4v) is 5.71. The first-order valence-electron chi connectivity index (χ1n) is 22.7. The van der Waals surface area contributed by atoms with Gasteiger partial charge in [-0.15, -0.1) is 0 Å². The SMILES string of the molecule is CCCCCCCCCCCCCCCC(=O)NCCOCCOCCNC(=O)CCOCCOCCNC(=O)[C@H](CCCNC(=O)OC(C)(C)C)NC(=O)OC(C)(C)C. The average Bonchev–Trinajstić information content (AvgIpc) is 3.16. The molecule has 352 valence electrons. The molecule has 0 aliphatic rings. The van der Waals surface area contributed by atoms with Crippen LogP contribution in [0.3, 0.4) is 0 Å². The Kier molecular flexibility index (Phi) is 35.5. The van der Waals surface area contributed by atoms with Gasteiger partial charge in [-0.2, -0.15) is 0 Å². The average molecular weight is 860 g/mol. The van der Waals surface area contributed by atoms with Gasteiger partial charge in [-0.1, -0.05) is 84.0 Å². The van der Waals surface area contributed by atoms with E-state index in [0.29, 0.717) is 52.4 Å². The lowest BCUT2D eigenvalue weighted by atomic mass is 10.0. The highest BCUT2D eigenvalue weighted by Gasteiger charge is 2.24. The van der Waals surface area contributed by atoms with Gasteiger partial charge >= 0.3 is 12.2 Å². The number of amides is 5. The maximum Gasteiger partial charge on any atom is 0.408 e. The molecule has 0 aliphatic carbocycles. The highest BCUT2D eigenvalue weighted by atomic mass is 16.6. The first-order chi connectivity index (χ1) is 28.6. The monoisotopic (exact) mass is 860 g/mol. The summed E-state index contributed by atoms with van der Waals surface area (Å²) in [7, 11) is 0. The molecule has 0 unspecified atom stereocenters. The first-order valence-corrected chi connectivity index (χ1v) is 22.7. The predicted octanol–water partition coefficient (Wildman–Crippen LogP) is 6.47. The minimum absolute atomic E-state index is 0.0773. The zero-order valence-electron chi connectivity index (χ0n) is 38.6. The van der Waals surface area contributed by atoms with Gasteiger partial charge in [0.25, 0.3) is 0 Å². The van der Waals surface area contributed by atoms with Crippen molar-refractivity contribution in [1.29, 1.82) is 0 Å². The summed E-state index contributed by atoms with van der Waals surface area (Å²) in [6.45, 7) is 16.7. The van der Waals surface area contributed by atoms with Gasteiger partial charge in [-0.25, -0.2) is 9.59 Å². The molecule has 0 saturated carbocycles. The molecule has 0 fully saturated rings. The van der Waals surface area contributed by atoms with E-state index in [-0.39, 0.29) is 64.2 Å². The minimum Gasteiger partial charge on any atom is -0.444 e. The summed E-state index contributed by atoms with van der Waals surface area (Å²) in [4.78, 5) is 61.1. The van der Waals surface area contributed by atoms with Crippen molar-refractivity contribution in [3.63, 3.8) is 0 Å². The highest BCUT2D eigenvalue weighted by molar-refractivity contribution is 5.85. The van der Waals surface area contributed by atoms with E-state index in [2.05, 4.69) is 33.5 Å². The molecule has 1 atom stereocenters. The van der Waals surface area contributed by atoms with Crippen molar-refractivity contribution in [3.8, 4) is 0 Å². The Morgan fingerprint density at radius 3 is 1.33 bits per heavy atom. The summed E-state index contributed by atoms with van der Waals surface area (Å²) in [5.41, 5.74) is -1.36. The van der Waals surface area contributed by atoms with Crippen molar-refractivity contribution in [2.75, 3.05) is 79.0 Å². The van der Waals surface area contributed by atoms with Crippen LogP contribution >= 0.6 is 0 Å². The third-order valence-corrected chi connectivity index (χ3v) is 8.75. The Morgan fingerprint density at radius 1 is 0.433 bits per heavy atom. The number of hydrogen-bond acceptors (Lipinski definition) is 11. The molecule has 0 saturated heterocycles. The fraction of sp³-hybridized carbons (Fsp3) is 0.886. The maximum absolute atomic E-state index is 12.8. The molecule has 60 heavy (non-hydrogen) atoms. The Hall–Kier alpha value is -3.21. The molecule has 5 N–H and O–H groups in total. The van der Waals surface area contributed by atoms with Crippen LogP contribution in [0, 0.1) is 0 Å². The molecular weight excluding hydrogens is 775 g/mol. The molecule has 16 nitrogen and oxygen atoms in total. The molecule has 0 aromatic carbocycles. The summed E-state index contributed by atoms with van der Waals surface area (Å²) >= 11 is 0. The lowest BCUT2D eigenvalue weighted by Gasteiger charge is -2.23. The topological polar surface area (TPSA) is 201 Å². The van der Waals surface area contributed by atoms with Crippen LogP contribution in [0.5, 0.6) is 0 Å². The van der Waals surface area contributed by atoms with Gasteiger partial charge in [0, 0.05) is 39.0 Å². The highest BCUT2D eigenvalue weighted by Crippen LogP contribution is 2.13. The maximum atomic E-state index is 12.8. The molecule has 0 aromatic heterocycles. The summed E-state index contributed by atoms with van der Waals surface area (Å²) in [6.07, 6.45) is 16.9.